The van der Waals surface area contributed by atoms with Gasteiger partial charge in [0.1, 0.15) is 0 Å². The monoisotopic (exact) mass is 669 g/mol. The Bertz CT molecular complexity index is 16.0. The van der Waals surface area contributed by atoms with Crippen molar-refractivity contribution in [3.8, 4) is 0 Å². The molecule has 0 aromatic carbocycles. The van der Waals surface area contributed by atoms with Crippen LogP contribution in [0.4, 0.5) is 0 Å². The minimum absolute atomic E-state index is 0. The van der Waals surface area contributed by atoms with E-state index in [1.165, 1.54) is 0 Å². The van der Waals surface area contributed by atoms with Gasteiger partial charge in [0, 0.05) is 34.1 Å². The molecule has 0 spiro atoms. The number of hydrogen-bond acceptors (Lipinski definition) is 0. The second-order valence-electron chi connectivity index (χ2n) is 0. The summed E-state index contributed by atoms with van der Waals surface area (Å²) in [5, 5.41) is 0. The van der Waals surface area contributed by atoms with Gasteiger partial charge in [-0.1, -0.05) is 0 Å². The molecule has 62 valence electrons. The summed E-state index contributed by atoms with van der Waals surface area (Å²) in [5.41, 5.74) is 0. The van der Waals surface area contributed by atoms with Crippen LogP contribution in [0.25, 0.3) is 0 Å². The molecule has 0 saturated carbocycles. The standard InChI is InChI=1S/2Cu.2Ga.2In.2H2Se.12H/h;;;;;;2*1H2;;;;;;;;;;;;. The molecule has 0 aromatic rings. The summed E-state index contributed by atoms with van der Waals surface area (Å²) in [6.07, 6.45) is 0. The van der Waals surface area contributed by atoms with E-state index < -0.39 is 0 Å². The SMILES string of the molecule is [Cu].[Cu].[GaH3].[GaH3].[InH3].[InH3].[SeH2].[SeH2]. The molecule has 0 heterocycles. The third-order valence-corrected chi connectivity index (χ3v) is 0. The van der Waals surface area contributed by atoms with Gasteiger partial charge < -0.3 is 0 Å². The summed E-state index contributed by atoms with van der Waals surface area (Å²) in [5.74, 6) is 0. The van der Waals surface area contributed by atoms with E-state index >= 15 is 0 Å². The van der Waals surface area contributed by atoms with Gasteiger partial charge in [-0.15, -0.1) is 0 Å². The Morgan fingerprint density at radius 2 is 0.500 bits per heavy atom. The molecule has 0 amide bonds. The topological polar surface area (TPSA) is 0 Å². The molecule has 0 aliphatic rings. The Morgan fingerprint density at radius 3 is 0.500 bits per heavy atom. The van der Waals surface area contributed by atoms with Crippen molar-refractivity contribution < 1.29 is 34.1 Å². The minimum atomic E-state index is 0. The van der Waals surface area contributed by atoms with E-state index in [0.717, 1.165) is 0 Å². The molecule has 0 saturated heterocycles. The fourth-order valence-electron chi connectivity index (χ4n) is 0. The zero-order valence-corrected chi connectivity index (χ0v) is 7.68. The van der Waals surface area contributed by atoms with Crippen molar-refractivity contribution in [2.24, 2.45) is 0 Å². The zero-order chi connectivity index (χ0) is 0. The molecule has 0 nitrogen and oxygen atoms in total. The molecular weight excluding hydrogens is 654 g/mol. The maximum atomic E-state index is 0. The van der Waals surface area contributed by atoms with Crippen LogP contribution < -0.4 is 0 Å². The van der Waals surface area contributed by atoms with Gasteiger partial charge in [0.2, 0.25) is 0 Å². The van der Waals surface area contributed by atoms with Gasteiger partial charge in [-0.2, -0.15) is 0 Å². The van der Waals surface area contributed by atoms with Crippen LogP contribution in [0.5, 0.6) is 0 Å². The summed E-state index contributed by atoms with van der Waals surface area (Å²) < 4.78 is 0. The predicted octanol–water partition coefficient (Wildman–Crippen LogP) is -6.57. The first kappa shape index (κ1) is 73.8. The molecule has 0 rings (SSSR count). The van der Waals surface area contributed by atoms with Gasteiger partial charge in [-0.3, -0.25) is 0 Å². The number of hydrogen-bond donors (Lipinski definition) is 0. The predicted molar refractivity (Wildman–Crippen MR) is 56.8 cm³/mol. The average Bonchev–Trinajstić information content (AvgIpc) is 0. The second-order valence-corrected chi connectivity index (χ2v) is 0. The van der Waals surface area contributed by atoms with Crippen molar-refractivity contribution in [1.29, 1.82) is 0 Å². The molecule has 0 aromatic heterocycles. The van der Waals surface area contributed by atoms with E-state index in [1.807, 2.05) is 0 Å². The summed E-state index contributed by atoms with van der Waals surface area (Å²) in [6.45, 7) is 0. The van der Waals surface area contributed by atoms with Gasteiger partial charge in [-0.25, -0.2) is 0 Å². The van der Waals surface area contributed by atoms with Crippen molar-refractivity contribution in [3.05, 3.63) is 0 Å². The molecule has 0 N–H and O–H groups in total. The quantitative estimate of drug-likeness (QED) is 0.225. The van der Waals surface area contributed by atoms with E-state index in [2.05, 4.69) is 0 Å². The van der Waals surface area contributed by atoms with Crippen molar-refractivity contribution in [2.45, 2.75) is 0 Å². The fourth-order valence-corrected chi connectivity index (χ4v) is 0. The second kappa shape index (κ2) is 57.4. The van der Waals surface area contributed by atoms with E-state index in [4.69, 9.17) is 0 Å². The summed E-state index contributed by atoms with van der Waals surface area (Å²) in [4.78, 5) is 0. The molecule has 8 heteroatoms. The Labute approximate surface area is 156 Å². The molecule has 0 unspecified atom stereocenters. The van der Waals surface area contributed by atoms with Crippen LogP contribution in [0, 0.1) is 0 Å². The van der Waals surface area contributed by atoms with Crippen molar-refractivity contribution >= 4 is 125 Å². The molecular formula is H16Cu2Ga2In2Se2. The Morgan fingerprint density at radius 1 is 0.500 bits per heavy atom. The molecule has 0 aliphatic heterocycles. The molecule has 0 aliphatic carbocycles. The molecule has 0 bridgehead atoms. The van der Waals surface area contributed by atoms with E-state index in [0.29, 0.717) is 0 Å². The summed E-state index contributed by atoms with van der Waals surface area (Å²) in [7, 11) is 0. The van der Waals surface area contributed by atoms with Gasteiger partial charge >= 0.3 is 125 Å². The maximum absolute atomic E-state index is 0. The van der Waals surface area contributed by atoms with Gasteiger partial charge in [0.15, 0.2) is 0 Å². The van der Waals surface area contributed by atoms with Crippen LogP contribution in [-0.4, -0.2) is 125 Å². The van der Waals surface area contributed by atoms with Crippen LogP contribution in [-0.2, 0) is 34.1 Å². The van der Waals surface area contributed by atoms with Crippen LogP contribution in [0.1, 0.15) is 0 Å². The van der Waals surface area contributed by atoms with E-state index in [9.17, 15) is 0 Å². The van der Waals surface area contributed by atoms with E-state index in [-0.39, 0.29) is 160 Å². The van der Waals surface area contributed by atoms with Crippen molar-refractivity contribution in [2.75, 3.05) is 0 Å². The molecule has 2 radical (unpaired) electrons. The average molecular weight is 670 g/mol. The summed E-state index contributed by atoms with van der Waals surface area (Å²) >= 11 is 0. The van der Waals surface area contributed by atoms with E-state index in [1.54, 1.807) is 0 Å². The van der Waals surface area contributed by atoms with Gasteiger partial charge in [0.25, 0.3) is 0 Å². The third-order valence-electron chi connectivity index (χ3n) is 0. The summed E-state index contributed by atoms with van der Waals surface area (Å²) in [6, 6.07) is 0. The van der Waals surface area contributed by atoms with Crippen LogP contribution in [0.2, 0.25) is 0 Å². The zero-order valence-electron chi connectivity index (χ0n) is 1.60. The Balaban J connectivity index is 0. The fraction of sp³-hybridized carbons (Fsp3) is 0. The molecule has 0 atom stereocenters. The van der Waals surface area contributed by atoms with Gasteiger partial charge in [-0.05, 0) is 0 Å². The normalized spacial score (nSPS) is 0. The Kier molecular flexibility index (Phi) is 530. The first-order valence-electron chi connectivity index (χ1n) is 0. The van der Waals surface area contributed by atoms with Crippen LogP contribution in [0.3, 0.4) is 0 Å². The van der Waals surface area contributed by atoms with Crippen molar-refractivity contribution in [1.82, 2.24) is 0 Å². The first-order chi connectivity index (χ1) is 0. The number of rotatable bonds is 0. The van der Waals surface area contributed by atoms with Crippen LogP contribution >= 0.6 is 0 Å². The van der Waals surface area contributed by atoms with Gasteiger partial charge in [0.05, 0.1) is 0 Å². The van der Waals surface area contributed by atoms with Crippen molar-refractivity contribution in [3.63, 3.8) is 0 Å². The third kappa shape index (κ3) is 43.6. The molecule has 0 fully saturated rings. The molecule has 8 heavy (non-hydrogen) atoms. The first-order valence-corrected chi connectivity index (χ1v) is 0. The van der Waals surface area contributed by atoms with Crippen LogP contribution in [0.15, 0.2) is 0 Å². The Hall–Kier alpha value is 5.09.